The number of halogens is 2. The van der Waals surface area contributed by atoms with Crippen LogP contribution in [0.5, 0.6) is 17.2 Å². The molecule has 42 heavy (non-hydrogen) atoms. The standard InChI is InChI=1S/C33H28Cl2N4O3/c1-40-31-16-21(17-32(41-2)33(31)42-3)30-19-28(38-39(30)25-10-7-22(34)8-11-25)20-5-4-6-24(15-20)37-27-13-14-36-29-18-23(35)9-12-26(27)29/h4-18,30H,19H2,1-3H3,(H,36,37). The van der Waals surface area contributed by atoms with Crippen molar-refractivity contribution >= 4 is 56.9 Å². The van der Waals surface area contributed by atoms with E-state index in [1.165, 1.54) is 0 Å². The molecule has 0 spiro atoms. The largest absolute Gasteiger partial charge is 0.493 e. The van der Waals surface area contributed by atoms with E-state index in [0.717, 1.165) is 44.8 Å². The Kier molecular flexibility index (Phi) is 7.78. The topological polar surface area (TPSA) is 68.2 Å². The fourth-order valence-corrected chi connectivity index (χ4v) is 5.52. The smallest absolute Gasteiger partial charge is 0.203 e. The zero-order valence-electron chi connectivity index (χ0n) is 23.3. The molecule has 0 bridgehead atoms. The van der Waals surface area contributed by atoms with Gasteiger partial charge in [-0.1, -0.05) is 35.3 Å². The van der Waals surface area contributed by atoms with Crippen molar-refractivity contribution in [1.29, 1.82) is 0 Å². The summed E-state index contributed by atoms with van der Waals surface area (Å²) in [5, 5.41) is 13.0. The van der Waals surface area contributed by atoms with Gasteiger partial charge in [0.15, 0.2) is 11.5 Å². The molecule has 7 nitrogen and oxygen atoms in total. The predicted molar refractivity (Wildman–Crippen MR) is 170 cm³/mol. The van der Waals surface area contributed by atoms with Crippen molar-refractivity contribution in [2.24, 2.45) is 5.10 Å². The molecule has 1 aromatic heterocycles. The molecule has 1 N–H and O–H groups in total. The monoisotopic (exact) mass is 598 g/mol. The summed E-state index contributed by atoms with van der Waals surface area (Å²) in [5.41, 5.74) is 6.57. The lowest BCUT2D eigenvalue weighted by molar-refractivity contribution is 0.323. The lowest BCUT2D eigenvalue weighted by atomic mass is 9.97. The van der Waals surface area contributed by atoms with Gasteiger partial charge in [-0.05, 0) is 83.9 Å². The van der Waals surface area contributed by atoms with Crippen LogP contribution in [0.1, 0.15) is 23.6 Å². The number of methoxy groups -OCH3 is 3. The molecule has 0 aliphatic carbocycles. The first-order valence-electron chi connectivity index (χ1n) is 13.3. The minimum Gasteiger partial charge on any atom is -0.493 e. The Morgan fingerprint density at radius 1 is 0.810 bits per heavy atom. The SMILES string of the molecule is COc1cc(C2CC(c3cccc(Nc4ccnc5cc(Cl)ccc45)c3)=NN2c2ccc(Cl)cc2)cc(OC)c1OC. The zero-order valence-corrected chi connectivity index (χ0v) is 24.8. The van der Waals surface area contributed by atoms with Crippen molar-refractivity contribution in [1.82, 2.24) is 4.98 Å². The number of nitrogens with one attached hydrogen (secondary N) is 1. The number of rotatable bonds is 8. The Morgan fingerprint density at radius 3 is 2.26 bits per heavy atom. The van der Waals surface area contributed by atoms with Gasteiger partial charge in [-0.2, -0.15) is 5.10 Å². The molecule has 1 aliphatic heterocycles. The van der Waals surface area contributed by atoms with Crippen LogP contribution in [0.15, 0.2) is 96.2 Å². The van der Waals surface area contributed by atoms with Crippen LogP contribution in [0, 0.1) is 0 Å². The first-order chi connectivity index (χ1) is 20.5. The third-order valence-corrected chi connectivity index (χ3v) is 7.74. The van der Waals surface area contributed by atoms with E-state index in [9.17, 15) is 0 Å². The van der Waals surface area contributed by atoms with Crippen LogP contribution in [0.2, 0.25) is 10.0 Å². The van der Waals surface area contributed by atoms with Gasteiger partial charge in [-0.15, -0.1) is 0 Å². The highest BCUT2D eigenvalue weighted by atomic mass is 35.5. The fraction of sp³-hybridized carbons (Fsp3) is 0.152. The predicted octanol–water partition coefficient (Wildman–Crippen LogP) is 8.67. The Labute approximate surface area is 254 Å². The van der Waals surface area contributed by atoms with Gasteiger partial charge in [-0.3, -0.25) is 9.99 Å². The number of ether oxygens (including phenoxy) is 3. The van der Waals surface area contributed by atoms with Crippen molar-refractivity contribution in [2.75, 3.05) is 31.7 Å². The molecule has 2 heterocycles. The third kappa shape index (κ3) is 5.41. The summed E-state index contributed by atoms with van der Waals surface area (Å²) in [6.07, 6.45) is 2.43. The molecule has 5 aromatic rings. The van der Waals surface area contributed by atoms with Crippen LogP contribution in [-0.2, 0) is 0 Å². The average Bonchev–Trinajstić information content (AvgIpc) is 3.46. The number of hydrogen-bond donors (Lipinski definition) is 1. The van der Waals surface area contributed by atoms with E-state index in [2.05, 4.69) is 22.4 Å². The van der Waals surface area contributed by atoms with Gasteiger partial charge in [0, 0.05) is 39.4 Å². The van der Waals surface area contributed by atoms with E-state index < -0.39 is 0 Å². The van der Waals surface area contributed by atoms with Crippen molar-refractivity contribution in [3.05, 3.63) is 112 Å². The molecule has 9 heteroatoms. The van der Waals surface area contributed by atoms with Gasteiger partial charge in [-0.25, -0.2) is 0 Å². The van der Waals surface area contributed by atoms with Gasteiger partial charge in [0.25, 0.3) is 0 Å². The normalized spacial score (nSPS) is 14.5. The zero-order chi connectivity index (χ0) is 29.2. The maximum Gasteiger partial charge on any atom is 0.203 e. The van der Waals surface area contributed by atoms with Gasteiger partial charge in [0.1, 0.15) is 0 Å². The second-order valence-corrected chi connectivity index (χ2v) is 10.6. The Morgan fingerprint density at radius 2 is 1.55 bits per heavy atom. The molecule has 212 valence electrons. The highest BCUT2D eigenvalue weighted by molar-refractivity contribution is 6.31. The lowest BCUT2D eigenvalue weighted by Crippen LogP contribution is -2.18. The van der Waals surface area contributed by atoms with Crippen molar-refractivity contribution in [3.8, 4) is 17.2 Å². The summed E-state index contributed by atoms with van der Waals surface area (Å²) in [6, 6.07) is 27.4. The van der Waals surface area contributed by atoms with Crippen LogP contribution in [0.4, 0.5) is 17.1 Å². The Bertz CT molecular complexity index is 1770. The second kappa shape index (κ2) is 11.8. The van der Waals surface area contributed by atoms with E-state index >= 15 is 0 Å². The molecule has 1 aliphatic rings. The summed E-state index contributed by atoms with van der Waals surface area (Å²) in [7, 11) is 4.84. The summed E-state index contributed by atoms with van der Waals surface area (Å²) in [5.74, 6) is 1.73. The minimum absolute atomic E-state index is 0.125. The number of aromatic nitrogens is 1. The highest BCUT2D eigenvalue weighted by Crippen LogP contribution is 2.44. The Hall–Kier alpha value is -4.46. The molecule has 1 unspecified atom stereocenters. The van der Waals surface area contributed by atoms with Crippen LogP contribution in [0.3, 0.4) is 0 Å². The maximum atomic E-state index is 6.22. The van der Waals surface area contributed by atoms with Crippen molar-refractivity contribution in [2.45, 2.75) is 12.5 Å². The number of hydrogen-bond acceptors (Lipinski definition) is 7. The van der Waals surface area contributed by atoms with Crippen LogP contribution in [-0.4, -0.2) is 32.0 Å². The van der Waals surface area contributed by atoms with Crippen molar-refractivity contribution in [3.63, 3.8) is 0 Å². The number of anilines is 3. The molecule has 0 radical (unpaired) electrons. The maximum absolute atomic E-state index is 6.22. The molecule has 4 aromatic carbocycles. The molecule has 1 atom stereocenters. The summed E-state index contributed by atoms with van der Waals surface area (Å²) in [6.45, 7) is 0. The van der Waals surface area contributed by atoms with Crippen molar-refractivity contribution < 1.29 is 14.2 Å². The fourth-order valence-electron chi connectivity index (χ4n) is 5.23. The van der Waals surface area contributed by atoms with E-state index in [1.54, 1.807) is 27.5 Å². The lowest BCUT2D eigenvalue weighted by Gasteiger charge is -2.25. The second-order valence-electron chi connectivity index (χ2n) is 9.77. The number of nitrogens with zero attached hydrogens (tertiary/aromatic N) is 3. The number of fused-ring (bicyclic) bond motifs is 1. The summed E-state index contributed by atoms with van der Waals surface area (Å²) < 4.78 is 16.9. The van der Waals surface area contributed by atoms with Gasteiger partial charge >= 0.3 is 0 Å². The molecule has 0 saturated heterocycles. The molecule has 0 fully saturated rings. The molecular weight excluding hydrogens is 571 g/mol. The summed E-state index contributed by atoms with van der Waals surface area (Å²) in [4.78, 5) is 4.46. The number of benzene rings is 4. The number of pyridine rings is 1. The third-order valence-electron chi connectivity index (χ3n) is 7.25. The Balaban J connectivity index is 1.37. The van der Waals surface area contributed by atoms with E-state index in [1.807, 2.05) is 77.8 Å². The van der Waals surface area contributed by atoms with Crippen LogP contribution in [0.25, 0.3) is 10.9 Å². The highest BCUT2D eigenvalue weighted by Gasteiger charge is 2.32. The van der Waals surface area contributed by atoms with Gasteiger partial charge in [0.2, 0.25) is 5.75 Å². The van der Waals surface area contributed by atoms with E-state index in [0.29, 0.717) is 33.7 Å². The molecular formula is C33H28Cl2N4O3. The van der Waals surface area contributed by atoms with E-state index in [-0.39, 0.29) is 6.04 Å². The first-order valence-corrected chi connectivity index (χ1v) is 14.1. The average molecular weight is 600 g/mol. The minimum atomic E-state index is -0.125. The van der Waals surface area contributed by atoms with Crippen LogP contribution >= 0.6 is 23.2 Å². The van der Waals surface area contributed by atoms with Crippen LogP contribution < -0.4 is 24.5 Å². The number of hydrazone groups is 1. The molecule has 0 saturated carbocycles. The van der Waals surface area contributed by atoms with Gasteiger partial charge in [0.05, 0.1) is 44.3 Å². The van der Waals surface area contributed by atoms with E-state index in [4.69, 9.17) is 42.5 Å². The van der Waals surface area contributed by atoms with Gasteiger partial charge < -0.3 is 19.5 Å². The molecule has 0 amide bonds. The quantitative estimate of drug-likeness (QED) is 0.193. The first kappa shape index (κ1) is 27.7. The molecule has 6 rings (SSSR count). The summed E-state index contributed by atoms with van der Waals surface area (Å²) >= 11 is 12.4.